The molecule has 1 saturated heterocycles. The van der Waals surface area contributed by atoms with Gasteiger partial charge in [0.25, 0.3) is 0 Å². The van der Waals surface area contributed by atoms with Gasteiger partial charge in [-0.1, -0.05) is 45.2 Å². The molecule has 31 heavy (non-hydrogen) atoms. The molecule has 6 nitrogen and oxygen atoms in total. The largest absolute Gasteiger partial charge is 0.495 e. The molecule has 1 aliphatic rings. The number of hydrogen-bond donors (Lipinski definition) is 2. The SMILES string of the molecule is CCCCC(C)CCc1c(C)n(CCN2CCNCC2)c2c(OC)cccc12.NC=O. The topological polar surface area (TPSA) is 72.5 Å². The van der Waals surface area contributed by atoms with Crippen LogP contribution in [0.4, 0.5) is 0 Å². The number of unbranched alkanes of at least 4 members (excludes halogenated alkanes) is 1. The molecule has 0 saturated carbocycles. The number of hydrogen-bond acceptors (Lipinski definition) is 4. The molecule has 1 aliphatic heterocycles. The number of aromatic nitrogens is 1. The Balaban J connectivity index is 0.00000107. The molecule has 1 fully saturated rings. The number of nitrogens with zero attached hydrogens (tertiary/aromatic N) is 2. The first-order valence-electron chi connectivity index (χ1n) is 11.8. The molecule has 1 amide bonds. The van der Waals surface area contributed by atoms with Crippen molar-refractivity contribution in [2.75, 3.05) is 39.8 Å². The van der Waals surface area contributed by atoms with E-state index in [2.05, 4.69) is 59.5 Å². The molecule has 0 bridgehead atoms. The van der Waals surface area contributed by atoms with Gasteiger partial charge in [0.15, 0.2) is 0 Å². The minimum atomic E-state index is 0.250. The maximum absolute atomic E-state index is 8.58. The second-order valence-electron chi connectivity index (χ2n) is 8.59. The number of methoxy groups -OCH3 is 1. The van der Waals surface area contributed by atoms with Crippen LogP contribution in [0.5, 0.6) is 5.75 Å². The highest BCUT2D eigenvalue weighted by Crippen LogP contribution is 2.34. The first-order valence-corrected chi connectivity index (χ1v) is 11.8. The number of para-hydroxylation sites is 1. The van der Waals surface area contributed by atoms with Crippen LogP contribution in [0.25, 0.3) is 10.9 Å². The van der Waals surface area contributed by atoms with Crippen molar-refractivity contribution in [3.63, 3.8) is 0 Å². The van der Waals surface area contributed by atoms with Gasteiger partial charge in [-0.25, -0.2) is 0 Å². The molecule has 1 aromatic heterocycles. The average Bonchev–Trinajstić information content (AvgIpc) is 3.06. The van der Waals surface area contributed by atoms with Crippen molar-refractivity contribution in [2.24, 2.45) is 11.7 Å². The Morgan fingerprint density at radius 3 is 2.58 bits per heavy atom. The van der Waals surface area contributed by atoms with E-state index in [0.717, 1.165) is 50.9 Å². The van der Waals surface area contributed by atoms with E-state index in [1.54, 1.807) is 7.11 Å². The lowest BCUT2D eigenvalue weighted by Gasteiger charge is -2.27. The third-order valence-electron chi connectivity index (χ3n) is 6.44. The van der Waals surface area contributed by atoms with Crippen molar-refractivity contribution in [1.29, 1.82) is 0 Å². The summed E-state index contributed by atoms with van der Waals surface area (Å²) in [5.41, 5.74) is 8.41. The molecule has 1 aromatic carbocycles. The number of rotatable bonds is 10. The smallest absolute Gasteiger partial charge is 0.204 e. The summed E-state index contributed by atoms with van der Waals surface area (Å²) in [5.74, 6) is 1.80. The van der Waals surface area contributed by atoms with Gasteiger partial charge in [-0.3, -0.25) is 9.69 Å². The van der Waals surface area contributed by atoms with Crippen molar-refractivity contribution in [3.8, 4) is 5.75 Å². The number of amides is 1. The Hall–Kier alpha value is -2.05. The fourth-order valence-electron chi connectivity index (χ4n) is 4.59. The van der Waals surface area contributed by atoms with Crippen LogP contribution in [0.15, 0.2) is 18.2 Å². The maximum Gasteiger partial charge on any atom is 0.204 e. The normalized spacial score (nSPS) is 15.4. The van der Waals surface area contributed by atoms with Crippen LogP contribution in [0.2, 0.25) is 0 Å². The van der Waals surface area contributed by atoms with Gasteiger partial charge in [0.1, 0.15) is 5.75 Å². The Bertz CT molecular complexity index is 796. The number of nitrogens with one attached hydrogen (secondary N) is 1. The minimum absolute atomic E-state index is 0.250. The molecular formula is C25H42N4O2. The molecule has 0 radical (unpaired) electrons. The summed E-state index contributed by atoms with van der Waals surface area (Å²) >= 11 is 0. The highest BCUT2D eigenvalue weighted by atomic mass is 16.5. The number of carbonyl (C=O) groups is 1. The van der Waals surface area contributed by atoms with Crippen LogP contribution in [0.3, 0.4) is 0 Å². The number of aryl methyl sites for hydroxylation is 1. The predicted molar refractivity (Wildman–Crippen MR) is 130 cm³/mol. The Morgan fingerprint density at radius 2 is 1.94 bits per heavy atom. The highest BCUT2D eigenvalue weighted by Gasteiger charge is 2.19. The summed E-state index contributed by atoms with van der Waals surface area (Å²) in [6.45, 7) is 13.7. The highest BCUT2D eigenvalue weighted by molar-refractivity contribution is 5.90. The molecule has 1 unspecified atom stereocenters. The van der Waals surface area contributed by atoms with Crippen LogP contribution in [0.1, 0.15) is 50.8 Å². The van der Waals surface area contributed by atoms with Gasteiger partial charge in [-0.05, 0) is 37.3 Å². The molecule has 6 heteroatoms. The van der Waals surface area contributed by atoms with Crippen molar-refractivity contribution < 1.29 is 9.53 Å². The number of fused-ring (bicyclic) bond motifs is 1. The van der Waals surface area contributed by atoms with Gasteiger partial charge in [-0.2, -0.15) is 0 Å². The quantitative estimate of drug-likeness (QED) is 0.564. The second kappa shape index (κ2) is 13.4. The van der Waals surface area contributed by atoms with E-state index in [9.17, 15) is 0 Å². The zero-order valence-electron chi connectivity index (χ0n) is 20.0. The van der Waals surface area contributed by atoms with E-state index in [0.29, 0.717) is 0 Å². The first kappa shape index (κ1) is 25.2. The zero-order valence-corrected chi connectivity index (χ0v) is 20.0. The van der Waals surface area contributed by atoms with Crippen LogP contribution in [-0.4, -0.2) is 55.7 Å². The van der Waals surface area contributed by atoms with E-state index in [4.69, 9.17) is 9.53 Å². The zero-order chi connectivity index (χ0) is 22.6. The molecule has 174 valence electrons. The number of piperazine rings is 1. The van der Waals surface area contributed by atoms with Gasteiger partial charge in [0, 0.05) is 50.3 Å². The summed E-state index contributed by atoms with van der Waals surface area (Å²) < 4.78 is 8.28. The van der Waals surface area contributed by atoms with Crippen LogP contribution < -0.4 is 15.8 Å². The number of primary amides is 1. The number of ether oxygens (including phenoxy) is 1. The average molecular weight is 431 g/mol. The predicted octanol–water partition coefficient (Wildman–Crippen LogP) is 3.72. The lowest BCUT2D eigenvalue weighted by Crippen LogP contribution is -2.44. The number of carbonyl (C=O) groups excluding carboxylic acids is 1. The van der Waals surface area contributed by atoms with Gasteiger partial charge in [-0.15, -0.1) is 0 Å². The minimum Gasteiger partial charge on any atom is -0.495 e. The van der Waals surface area contributed by atoms with E-state index in [1.165, 1.54) is 54.3 Å². The van der Waals surface area contributed by atoms with Crippen molar-refractivity contribution in [3.05, 3.63) is 29.5 Å². The molecule has 3 rings (SSSR count). The summed E-state index contributed by atoms with van der Waals surface area (Å²) in [6.07, 6.45) is 6.68. The van der Waals surface area contributed by atoms with Crippen LogP contribution in [-0.2, 0) is 17.8 Å². The monoisotopic (exact) mass is 430 g/mol. The fourth-order valence-corrected chi connectivity index (χ4v) is 4.59. The van der Waals surface area contributed by atoms with Crippen molar-refractivity contribution in [2.45, 2.75) is 59.4 Å². The lowest BCUT2D eigenvalue weighted by molar-refractivity contribution is -0.106. The summed E-state index contributed by atoms with van der Waals surface area (Å²) in [6, 6.07) is 6.54. The number of nitrogens with two attached hydrogens (primary N) is 1. The summed E-state index contributed by atoms with van der Waals surface area (Å²) in [7, 11) is 1.80. The third-order valence-corrected chi connectivity index (χ3v) is 6.44. The van der Waals surface area contributed by atoms with Gasteiger partial charge >= 0.3 is 0 Å². The van der Waals surface area contributed by atoms with Gasteiger partial charge < -0.3 is 20.4 Å². The van der Waals surface area contributed by atoms with Gasteiger partial charge in [0.2, 0.25) is 6.41 Å². The standard InChI is InChI=1S/C24H39N3O.CH3NO/c1-5-6-8-19(2)11-12-21-20(3)27(18-17-26-15-13-25-14-16-26)24-22(21)9-7-10-23(24)28-4;2-1-3/h7,9-10,19,25H,5-6,8,11-18H2,1-4H3;1H,(H2,2,3). The molecule has 1 atom stereocenters. The second-order valence-corrected chi connectivity index (χ2v) is 8.59. The van der Waals surface area contributed by atoms with E-state index in [-0.39, 0.29) is 6.41 Å². The maximum atomic E-state index is 8.58. The van der Waals surface area contributed by atoms with Gasteiger partial charge in [0.05, 0.1) is 12.6 Å². The number of benzene rings is 1. The molecule has 0 spiro atoms. The molecule has 3 N–H and O–H groups in total. The summed E-state index contributed by atoms with van der Waals surface area (Å²) in [5, 5.41) is 4.84. The molecule has 2 aromatic rings. The Morgan fingerprint density at radius 1 is 1.23 bits per heavy atom. The van der Waals surface area contributed by atoms with Crippen molar-refractivity contribution >= 4 is 17.3 Å². The molecule has 0 aliphatic carbocycles. The third kappa shape index (κ3) is 6.97. The van der Waals surface area contributed by atoms with E-state index in [1.807, 2.05) is 0 Å². The Kier molecular flexibility index (Phi) is 10.9. The fraction of sp³-hybridized carbons (Fsp3) is 0.640. The van der Waals surface area contributed by atoms with Crippen molar-refractivity contribution in [1.82, 2.24) is 14.8 Å². The first-order chi connectivity index (χ1) is 15.1. The molecular weight excluding hydrogens is 388 g/mol. The van der Waals surface area contributed by atoms with Crippen LogP contribution >= 0.6 is 0 Å². The van der Waals surface area contributed by atoms with E-state index < -0.39 is 0 Å². The van der Waals surface area contributed by atoms with Crippen LogP contribution in [0, 0.1) is 12.8 Å². The summed E-state index contributed by atoms with van der Waals surface area (Å²) in [4.78, 5) is 11.2. The Labute approximate surface area is 188 Å². The lowest BCUT2D eigenvalue weighted by atomic mass is 9.95. The molecule has 2 heterocycles. The van der Waals surface area contributed by atoms with E-state index >= 15 is 0 Å².